The van der Waals surface area contributed by atoms with Crippen LogP contribution in [0.3, 0.4) is 0 Å². The Bertz CT molecular complexity index is 541. The van der Waals surface area contributed by atoms with Gasteiger partial charge >= 0.3 is 0 Å². The van der Waals surface area contributed by atoms with E-state index in [2.05, 4.69) is 17.1 Å². The van der Waals surface area contributed by atoms with Crippen molar-refractivity contribution in [2.45, 2.75) is 32.2 Å². The summed E-state index contributed by atoms with van der Waals surface area (Å²) in [5.74, 6) is 1.80. The Morgan fingerprint density at radius 3 is 2.68 bits per heavy atom. The van der Waals surface area contributed by atoms with Gasteiger partial charge in [-0.3, -0.25) is 9.69 Å². The van der Waals surface area contributed by atoms with Crippen molar-refractivity contribution in [2.24, 2.45) is 5.92 Å². The topological polar surface area (TPSA) is 44.8 Å². The fraction of sp³-hybridized carbons (Fsp3) is 0.650. The Balaban J connectivity index is 1.86. The van der Waals surface area contributed by atoms with Gasteiger partial charge in [-0.2, -0.15) is 0 Å². The molecule has 0 aliphatic carbocycles. The molecule has 1 fully saturated rings. The summed E-state index contributed by atoms with van der Waals surface area (Å²) in [5.41, 5.74) is 1.05. The van der Waals surface area contributed by atoms with Gasteiger partial charge in [-0.05, 0) is 64.9 Å². The number of amides is 1. The number of para-hydroxylation sites is 1. The van der Waals surface area contributed by atoms with Gasteiger partial charge in [0.2, 0.25) is 5.91 Å². The molecule has 1 atom stereocenters. The Kier molecular flexibility index (Phi) is 7.72. The van der Waals surface area contributed by atoms with Crippen molar-refractivity contribution in [1.82, 2.24) is 15.1 Å². The minimum Gasteiger partial charge on any atom is -0.496 e. The minimum atomic E-state index is -0.00295. The van der Waals surface area contributed by atoms with Crippen molar-refractivity contribution in [1.29, 1.82) is 0 Å². The normalized spacial score (nSPS) is 17.3. The third-order valence-electron chi connectivity index (χ3n) is 5.43. The summed E-state index contributed by atoms with van der Waals surface area (Å²) < 4.78 is 5.44. The Morgan fingerprint density at radius 1 is 1.36 bits per heavy atom. The minimum absolute atomic E-state index is 0.00295. The molecule has 2 rings (SSSR count). The van der Waals surface area contributed by atoms with Crippen molar-refractivity contribution >= 4 is 5.91 Å². The molecule has 25 heavy (non-hydrogen) atoms. The lowest BCUT2D eigenvalue weighted by Gasteiger charge is -2.34. The molecule has 1 N–H and O–H groups in total. The Hall–Kier alpha value is -1.59. The molecule has 1 amide bonds. The first-order valence-electron chi connectivity index (χ1n) is 9.32. The van der Waals surface area contributed by atoms with Crippen LogP contribution in [0, 0.1) is 5.92 Å². The van der Waals surface area contributed by atoms with Gasteiger partial charge < -0.3 is 15.0 Å². The number of ether oxygens (including phenoxy) is 1. The molecule has 0 spiro atoms. The summed E-state index contributed by atoms with van der Waals surface area (Å²) in [4.78, 5) is 16.8. The monoisotopic (exact) mass is 347 g/mol. The molecule has 0 radical (unpaired) electrons. The van der Waals surface area contributed by atoms with Gasteiger partial charge in [-0.1, -0.05) is 18.2 Å². The van der Waals surface area contributed by atoms with Gasteiger partial charge in [0.15, 0.2) is 0 Å². The van der Waals surface area contributed by atoms with Crippen molar-refractivity contribution in [3.63, 3.8) is 0 Å². The van der Waals surface area contributed by atoms with E-state index < -0.39 is 0 Å². The number of benzene rings is 1. The number of hydrogen-bond acceptors (Lipinski definition) is 4. The number of carbonyl (C=O) groups excluding carboxylic acids is 1. The van der Waals surface area contributed by atoms with Crippen LogP contribution in [0.2, 0.25) is 0 Å². The lowest BCUT2D eigenvalue weighted by atomic mass is 9.93. The number of nitrogens with one attached hydrogen (secondary N) is 1. The maximum Gasteiger partial charge on any atom is 0.236 e. The number of piperidine rings is 1. The van der Waals surface area contributed by atoms with E-state index in [1.54, 1.807) is 7.11 Å². The molecule has 0 saturated carbocycles. The number of rotatable bonds is 8. The number of carbonyl (C=O) groups is 1. The fourth-order valence-corrected chi connectivity index (χ4v) is 3.52. The summed E-state index contributed by atoms with van der Waals surface area (Å²) in [6.45, 7) is 5.70. The van der Waals surface area contributed by atoms with Crippen molar-refractivity contribution < 1.29 is 9.53 Å². The molecule has 1 aromatic carbocycles. The van der Waals surface area contributed by atoms with Crippen LogP contribution < -0.4 is 10.1 Å². The van der Waals surface area contributed by atoms with Crippen LogP contribution in [0.4, 0.5) is 0 Å². The predicted octanol–water partition coefficient (Wildman–Crippen LogP) is 2.54. The van der Waals surface area contributed by atoms with E-state index in [-0.39, 0.29) is 11.9 Å². The van der Waals surface area contributed by atoms with Crippen LogP contribution in [-0.2, 0) is 4.79 Å². The number of hydrogen-bond donors (Lipinski definition) is 1. The van der Waals surface area contributed by atoms with Crippen LogP contribution >= 0.6 is 0 Å². The molecule has 1 aliphatic heterocycles. The molecule has 1 unspecified atom stereocenters. The number of likely N-dealkylation sites (N-methyl/N-ethyl adjacent to an activating group) is 1. The van der Waals surface area contributed by atoms with E-state index in [1.807, 2.05) is 43.3 Å². The standard InChI is InChI=1S/C20H33N3O2/c1-16(18-7-5-6-8-19(18)25-4)22(3)20(24)15-23-13-10-17(11-14-23)9-12-21-2/h5-8,16-17,21H,9-15H2,1-4H3. The first-order chi connectivity index (χ1) is 12.1. The van der Waals surface area contributed by atoms with Crippen molar-refractivity contribution in [3.8, 4) is 5.75 Å². The quantitative estimate of drug-likeness (QED) is 0.785. The highest BCUT2D eigenvalue weighted by Gasteiger charge is 2.24. The van der Waals surface area contributed by atoms with Crippen molar-refractivity contribution in [2.75, 3.05) is 47.4 Å². The van der Waals surface area contributed by atoms with E-state index in [1.165, 1.54) is 19.3 Å². The summed E-state index contributed by atoms with van der Waals surface area (Å²) in [5, 5.41) is 3.23. The molecular formula is C20H33N3O2. The maximum absolute atomic E-state index is 12.7. The highest BCUT2D eigenvalue weighted by molar-refractivity contribution is 5.78. The van der Waals surface area contributed by atoms with E-state index in [9.17, 15) is 4.79 Å². The molecule has 5 nitrogen and oxygen atoms in total. The number of nitrogens with zero attached hydrogens (tertiary/aromatic N) is 2. The molecule has 0 aromatic heterocycles. The SMILES string of the molecule is CNCCC1CCN(CC(=O)N(C)C(C)c2ccccc2OC)CC1. The highest BCUT2D eigenvalue weighted by atomic mass is 16.5. The third-order valence-corrected chi connectivity index (χ3v) is 5.43. The van der Waals surface area contributed by atoms with Gasteiger partial charge in [-0.15, -0.1) is 0 Å². The van der Waals surface area contributed by atoms with Crippen LogP contribution in [0.15, 0.2) is 24.3 Å². The average Bonchev–Trinajstić information content (AvgIpc) is 2.66. The molecular weight excluding hydrogens is 314 g/mol. The summed E-state index contributed by atoms with van der Waals surface area (Å²) in [6.07, 6.45) is 3.63. The van der Waals surface area contributed by atoms with Gasteiger partial charge in [0.1, 0.15) is 5.75 Å². The van der Waals surface area contributed by atoms with Gasteiger partial charge in [0.25, 0.3) is 0 Å². The van der Waals surface area contributed by atoms with Crippen LogP contribution in [0.1, 0.15) is 37.8 Å². The molecule has 140 valence electrons. The molecule has 1 aliphatic rings. The zero-order valence-corrected chi connectivity index (χ0v) is 16.1. The summed E-state index contributed by atoms with van der Waals surface area (Å²) in [7, 11) is 5.57. The maximum atomic E-state index is 12.7. The van der Waals surface area contributed by atoms with Crippen LogP contribution in [-0.4, -0.2) is 63.1 Å². The molecule has 1 aromatic rings. The Morgan fingerprint density at radius 2 is 2.04 bits per heavy atom. The van der Waals surface area contributed by atoms with Crippen molar-refractivity contribution in [3.05, 3.63) is 29.8 Å². The molecule has 0 bridgehead atoms. The first kappa shape index (κ1) is 19.7. The molecule has 5 heteroatoms. The van der Waals surface area contributed by atoms with E-state index in [4.69, 9.17) is 4.74 Å². The predicted molar refractivity (Wildman–Crippen MR) is 102 cm³/mol. The lowest BCUT2D eigenvalue weighted by molar-refractivity contribution is -0.133. The van der Waals surface area contributed by atoms with Gasteiger partial charge in [0.05, 0.1) is 19.7 Å². The fourth-order valence-electron chi connectivity index (χ4n) is 3.52. The second-order valence-electron chi connectivity index (χ2n) is 7.03. The summed E-state index contributed by atoms with van der Waals surface area (Å²) >= 11 is 0. The average molecular weight is 348 g/mol. The van der Waals surface area contributed by atoms with Gasteiger partial charge in [0, 0.05) is 12.6 Å². The molecule has 1 saturated heterocycles. The summed E-state index contributed by atoms with van der Waals surface area (Å²) in [6, 6.07) is 7.91. The largest absolute Gasteiger partial charge is 0.496 e. The first-order valence-corrected chi connectivity index (χ1v) is 9.32. The van der Waals surface area contributed by atoms with E-state index in [0.717, 1.165) is 36.9 Å². The van der Waals surface area contributed by atoms with E-state index >= 15 is 0 Å². The van der Waals surface area contributed by atoms with Crippen LogP contribution in [0.25, 0.3) is 0 Å². The highest BCUT2D eigenvalue weighted by Crippen LogP contribution is 2.28. The number of methoxy groups -OCH3 is 1. The lowest BCUT2D eigenvalue weighted by Crippen LogP contribution is -2.43. The third kappa shape index (κ3) is 5.44. The zero-order valence-electron chi connectivity index (χ0n) is 16.1. The van der Waals surface area contributed by atoms with E-state index in [0.29, 0.717) is 6.54 Å². The zero-order chi connectivity index (χ0) is 18.2. The number of likely N-dealkylation sites (tertiary alicyclic amines) is 1. The second-order valence-corrected chi connectivity index (χ2v) is 7.03. The molecule has 1 heterocycles. The smallest absolute Gasteiger partial charge is 0.236 e. The second kappa shape index (κ2) is 9.78. The van der Waals surface area contributed by atoms with Crippen LogP contribution in [0.5, 0.6) is 5.75 Å². The van der Waals surface area contributed by atoms with Gasteiger partial charge in [-0.25, -0.2) is 0 Å². The Labute approximate surface area is 152 Å².